The third kappa shape index (κ3) is 4.07. The van der Waals surface area contributed by atoms with Crippen molar-refractivity contribution in [3.63, 3.8) is 0 Å². The monoisotopic (exact) mass is 432 g/mol. The van der Waals surface area contributed by atoms with Crippen molar-refractivity contribution < 1.29 is 14.3 Å². The lowest BCUT2D eigenvalue weighted by atomic mass is 10.1. The van der Waals surface area contributed by atoms with E-state index in [-0.39, 0.29) is 6.61 Å². The molecular formula is C24H17BrO3. The molecule has 138 valence electrons. The maximum atomic E-state index is 12.3. The van der Waals surface area contributed by atoms with Crippen LogP contribution in [0.1, 0.15) is 0 Å². The topological polar surface area (TPSA) is 35.5 Å². The summed E-state index contributed by atoms with van der Waals surface area (Å²) in [5.74, 6) is 0.676. The number of halogens is 1. The molecule has 0 saturated carbocycles. The molecule has 0 bridgehead atoms. The van der Waals surface area contributed by atoms with E-state index in [2.05, 4.69) is 15.9 Å². The van der Waals surface area contributed by atoms with E-state index in [1.165, 1.54) is 0 Å². The van der Waals surface area contributed by atoms with Gasteiger partial charge in [-0.05, 0) is 50.6 Å². The van der Waals surface area contributed by atoms with Crippen LogP contribution in [0.15, 0.2) is 95.5 Å². The Morgan fingerprint density at radius 3 is 2.32 bits per heavy atom. The lowest BCUT2D eigenvalue weighted by Crippen LogP contribution is -2.18. The number of esters is 1. The average molecular weight is 433 g/mol. The number of hydrogen-bond acceptors (Lipinski definition) is 3. The van der Waals surface area contributed by atoms with Crippen LogP contribution in [0.5, 0.6) is 11.5 Å². The molecule has 0 aliphatic carbocycles. The van der Waals surface area contributed by atoms with Crippen molar-refractivity contribution in [2.24, 2.45) is 0 Å². The number of ether oxygens (including phenoxy) is 2. The molecule has 0 spiro atoms. The molecule has 0 saturated heterocycles. The predicted molar refractivity (Wildman–Crippen MR) is 115 cm³/mol. The van der Waals surface area contributed by atoms with E-state index in [1.807, 2.05) is 84.9 Å². The van der Waals surface area contributed by atoms with Crippen LogP contribution in [0, 0.1) is 0 Å². The van der Waals surface area contributed by atoms with Crippen molar-refractivity contribution in [1.29, 1.82) is 0 Å². The third-order valence-corrected chi connectivity index (χ3v) is 4.98. The lowest BCUT2D eigenvalue weighted by molar-refractivity contribution is -0.136. The van der Waals surface area contributed by atoms with E-state index in [4.69, 9.17) is 9.47 Å². The average Bonchev–Trinajstić information content (AvgIpc) is 2.74. The Morgan fingerprint density at radius 2 is 1.50 bits per heavy atom. The SMILES string of the molecule is O=C(COc1ccc(-c2ccccc2)cc1Br)Oc1cccc2ccccc12. The third-order valence-electron chi connectivity index (χ3n) is 4.36. The molecule has 0 unspecified atom stereocenters. The van der Waals surface area contributed by atoms with Crippen LogP contribution >= 0.6 is 15.9 Å². The summed E-state index contributed by atoms with van der Waals surface area (Å²) in [4.78, 5) is 12.3. The fraction of sp³-hybridized carbons (Fsp3) is 0.0417. The standard InChI is InChI=1S/C24H17BrO3/c25-21-15-19(17-7-2-1-3-8-17)13-14-23(21)27-16-24(26)28-22-12-6-10-18-9-4-5-11-20(18)22/h1-15H,16H2. The van der Waals surface area contributed by atoms with Crippen LogP contribution < -0.4 is 9.47 Å². The van der Waals surface area contributed by atoms with E-state index in [9.17, 15) is 4.79 Å². The van der Waals surface area contributed by atoms with E-state index >= 15 is 0 Å². The molecule has 0 amide bonds. The first-order valence-corrected chi connectivity index (χ1v) is 9.66. The van der Waals surface area contributed by atoms with Crippen LogP contribution in [0.3, 0.4) is 0 Å². The molecule has 3 nitrogen and oxygen atoms in total. The Labute approximate surface area is 171 Å². The summed E-state index contributed by atoms with van der Waals surface area (Å²) >= 11 is 3.52. The van der Waals surface area contributed by atoms with Gasteiger partial charge in [-0.25, -0.2) is 4.79 Å². The van der Waals surface area contributed by atoms with Gasteiger partial charge in [-0.1, -0.05) is 72.8 Å². The zero-order chi connectivity index (χ0) is 19.3. The van der Waals surface area contributed by atoms with Crippen LogP contribution in [0.4, 0.5) is 0 Å². The molecule has 0 radical (unpaired) electrons. The molecule has 0 fully saturated rings. The first-order valence-electron chi connectivity index (χ1n) is 8.87. The quantitative estimate of drug-likeness (QED) is 0.276. The van der Waals surface area contributed by atoms with Gasteiger partial charge in [0.05, 0.1) is 4.47 Å². The van der Waals surface area contributed by atoms with Crippen molar-refractivity contribution in [3.8, 4) is 22.6 Å². The Balaban J connectivity index is 1.43. The number of fused-ring (bicyclic) bond motifs is 1. The van der Waals surface area contributed by atoms with Crippen molar-refractivity contribution in [3.05, 3.63) is 95.5 Å². The smallest absolute Gasteiger partial charge is 0.349 e. The predicted octanol–water partition coefficient (Wildman–Crippen LogP) is 6.25. The molecular weight excluding hydrogens is 416 g/mol. The summed E-state index contributed by atoms with van der Waals surface area (Å²) < 4.78 is 11.9. The van der Waals surface area contributed by atoms with Gasteiger partial charge < -0.3 is 9.47 Å². The first-order chi connectivity index (χ1) is 13.7. The lowest BCUT2D eigenvalue weighted by Gasteiger charge is -2.11. The molecule has 4 aromatic rings. The number of carbonyl (C=O) groups excluding carboxylic acids is 1. The fourth-order valence-corrected chi connectivity index (χ4v) is 3.49. The zero-order valence-electron chi connectivity index (χ0n) is 15.0. The Morgan fingerprint density at radius 1 is 0.750 bits per heavy atom. The number of rotatable bonds is 5. The summed E-state index contributed by atoms with van der Waals surface area (Å²) in [6.07, 6.45) is 0. The van der Waals surface area contributed by atoms with Gasteiger partial charge in [-0.3, -0.25) is 0 Å². The van der Waals surface area contributed by atoms with E-state index in [1.54, 1.807) is 6.07 Å². The second-order valence-corrected chi connectivity index (χ2v) is 7.11. The summed E-state index contributed by atoms with van der Waals surface area (Å²) in [5.41, 5.74) is 2.18. The molecule has 0 aliphatic heterocycles. The molecule has 0 aliphatic rings. The molecule has 0 aromatic heterocycles. The van der Waals surface area contributed by atoms with Gasteiger partial charge in [0.1, 0.15) is 11.5 Å². The van der Waals surface area contributed by atoms with Crippen molar-refractivity contribution in [1.82, 2.24) is 0 Å². The number of benzene rings is 4. The van der Waals surface area contributed by atoms with Gasteiger partial charge in [0.15, 0.2) is 6.61 Å². The van der Waals surface area contributed by atoms with Crippen LogP contribution in [-0.2, 0) is 4.79 Å². The second kappa shape index (κ2) is 8.28. The molecule has 0 heterocycles. The van der Waals surface area contributed by atoms with Crippen molar-refractivity contribution >= 4 is 32.7 Å². The van der Waals surface area contributed by atoms with Crippen molar-refractivity contribution in [2.45, 2.75) is 0 Å². The highest BCUT2D eigenvalue weighted by atomic mass is 79.9. The van der Waals surface area contributed by atoms with Crippen LogP contribution in [-0.4, -0.2) is 12.6 Å². The molecule has 28 heavy (non-hydrogen) atoms. The minimum atomic E-state index is -0.449. The minimum Gasteiger partial charge on any atom is -0.481 e. The van der Waals surface area contributed by atoms with E-state index in [0.29, 0.717) is 11.5 Å². The van der Waals surface area contributed by atoms with Crippen LogP contribution in [0.2, 0.25) is 0 Å². The summed E-state index contributed by atoms with van der Waals surface area (Å²) in [6, 6.07) is 29.3. The highest BCUT2D eigenvalue weighted by molar-refractivity contribution is 9.10. The summed E-state index contributed by atoms with van der Waals surface area (Å²) in [5, 5.41) is 1.92. The van der Waals surface area contributed by atoms with Gasteiger partial charge in [-0.15, -0.1) is 0 Å². The van der Waals surface area contributed by atoms with Crippen molar-refractivity contribution in [2.75, 3.05) is 6.61 Å². The fourth-order valence-electron chi connectivity index (χ4n) is 3.00. The number of carbonyl (C=O) groups is 1. The van der Waals surface area contributed by atoms with Crippen LogP contribution in [0.25, 0.3) is 21.9 Å². The maximum Gasteiger partial charge on any atom is 0.349 e. The first kappa shape index (κ1) is 18.3. The van der Waals surface area contributed by atoms with Gasteiger partial charge in [0, 0.05) is 5.39 Å². The second-order valence-electron chi connectivity index (χ2n) is 6.25. The van der Waals surface area contributed by atoms with Gasteiger partial charge >= 0.3 is 5.97 Å². The molecule has 4 rings (SSSR count). The van der Waals surface area contributed by atoms with Gasteiger partial charge in [-0.2, -0.15) is 0 Å². The molecule has 0 atom stereocenters. The Hall–Kier alpha value is -3.11. The molecule has 4 aromatic carbocycles. The molecule has 4 heteroatoms. The minimum absolute atomic E-state index is 0.174. The maximum absolute atomic E-state index is 12.3. The zero-order valence-corrected chi connectivity index (χ0v) is 16.6. The van der Waals surface area contributed by atoms with Gasteiger partial charge in [0.25, 0.3) is 0 Å². The number of hydrogen-bond donors (Lipinski definition) is 0. The Bertz CT molecular complexity index is 1120. The Kier molecular flexibility index (Phi) is 5.40. The summed E-state index contributed by atoms with van der Waals surface area (Å²) in [6.45, 7) is -0.174. The summed E-state index contributed by atoms with van der Waals surface area (Å²) in [7, 11) is 0. The molecule has 0 N–H and O–H groups in total. The normalized spacial score (nSPS) is 10.6. The van der Waals surface area contributed by atoms with Gasteiger partial charge in [0.2, 0.25) is 0 Å². The van der Waals surface area contributed by atoms with E-state index in [0.717, 1.165) is 26.4 Å². The highest BCUT2D eigenvalue weighted by Gasteiger charge is 2.11. The highest BCUT2D eigenvalue weighted by Crippen LogP contribution is 2.31. The largest absolute Gasteiger partial charge is 0.481 e. The van der Waals surface area contributed by atoms with E-state index < -0.39 is 5.97 Å².